The molecule has 0 saturated heterocycles. The smallest absolute Gasteiger partial charge is 0.129 e. The SMILES string of the molecule is CCCc1nc(-c2ccccc2OCC)sc1C(C)N. The highest BCUT2D eigenvalue weighted by Gasteiger charge is 2.17. The number of rotatable bonds is 6. The first kappa shape index (κ1) is 15.0. The second-order valence-corrected chi connectivity index (χ2v) is 5.83. The van der Waals surface area contributed by atoms with Crippen LogP contribution in [0.1, 0.15) is 43.8 Å². The van der Waals surface area contributed by atoms with E-state index < -0.39 is 0 Å². The van der Waals surface area contributed by atoms with Crippen molar-refractivity contribution in [2.45, 2.75) is 39.7 Å². The Bertz CT molecular complexity index is 563. The molecule has 0 aliphatic carbocycles. The quantitative estimate of drug-likeness (QED) is 0.868. The highest BCUT2D eigenvalue weighted by molar-refractivity contribution is 7.15. The number of aryl methyl sites for hydroxylation is 1. The molecule has 1 aromatic carbocycles. The minimum absolute atomic E-state index is 0.0297. The number of ether oxygens (including phenoxy) is 1. The van der Waals surface area contributed by atoms with E-state index in [9.17, 15) is 0 Å². The van der Waals surface area contributed by atoms with Gasteiger partial charge in [-0.2, -0.15) is 0 Å². The summed E-state index contributed by atoms with van der Waals surface area (Å²) in [5.74, 6) is 0.892. The maximum atomic E-state index is 6.07. The van der Waals surface area contributed by atoms with Gasteiger partial charge in [0.1, 0.15) is 10.8 Å². The molecule has 0 fully saturated rings. The Labute approximate surface area is 124 Å². The molecule has 2 N–H and O–H groups in total. The van der Waals surface area contributed by atoms with Gasteiger partial charge in [-0.3, -0.25) is 0 Å². The maximum absolute atomic E-state index is 6.07. The third-order valence-corrected chi connectivity index (χ3v) is 4.38. The van der Waals surface area contributed by atoms with Crippen LogP contribution in [0.3, 0.4) is 0 Å². The van der Waals surface area contributed by atoms with Crippen LogP contribution in [-0.4, -0.2) is 11.6 Å². The summed E-state index contributed by atoms with van der Waals surface area (Å²) in [4.78, 5) is 5.98. The highest BCUT2D eigenvalue weighted by atomic mass is 32.1. The van der Waals surface area contributed by atoms with Crippen molar-refractivity contribution < 1.29 is 4.74 Å². The van der Waals surface area contributed by atoms with Crippen LogP contribution in [0.4, 0.5) is 0 Å². The second kappa shape index (κ2) is 6.86. The van der Waals surface area contributed by atoms with E-state index in [-0.39, 0.29) is 6.04 Å². The minimum Gasteiger partial charge on any atom is -0.493 e. The zero-order chi connectivity index (χ0) is 14.5. The Morgan fingerprint density at radius 1 is 1.30 bits per heavy atom. The van der Waals surface area contributed by atoms with E-state index in [1.807, 2.05) is 32.0 Å². The molecule has 0 saturated carbocycles. The number of hydrogen-bond donors (Lipinski definition) is 1. The number of nitrogens with zero attached hydrogens (tertiary/aromatic N) is 1. The van der Waals surface area contributed by atoms with Crippen molar-refractivity contribution in [1.82, 2.24) is 4.98 Å². The van der Waals surface area contributed by atoms with Crippen LogP contribution in [0, 0.1) is 0 Å². The standard InChI is InChI=1S/C16H22N2OS/c1-4-8-13-15(11(3)17)20-16(18-13)12-9-6-7-10-14(12)19-5-2/h6-7,9-11H,4-5,8,17H2,1-3H3. The third-order valence-electron chi connectivity index (χ3n) is 3.05. The monoisotopic (exact) mass is 290 g/mol. The van der Waals surface area contributed by atoms with Gasteiger partial charge in [0.15, 0.2) is 0 Å². The fourth-order valence-corrected chi connectivity index (χ4v) is 3.27. The molecule has 2 aromatic rings. The summed E-state index contributed by atoms with van der Waals surface area (Å²) in [6.07, 6.45) is 2.06. The van der Waals surface area contributed by atoms with Gasteiger partial charge in [0.25, 0.3) is 0 Å². The van der Waals surface area contributed by atoms with Crippen molar-refractivity contribution >= 4 is 11.3 Å². The summed E-state index contributed by atoms with van der Waals surface area (Å²) >= 11 is 1.68. The molecule has 0 bridgehead atoms. The Kier molecular flexibility index (Phi) is 5.15. The van der Waals surface area contributed by atoms with Gasteiger partial charge in [0, 0.05) is 10.9 Å². The molecule has 0 aliphatic rings. The molecular formula is C16H22N2OS. The number of nitrogens with two attached hydrogens (primary N) is 1. The normalized spacial score (nSPS) is 12.4. The fourth-order valence-electron chi connectivity index (χ4n) is 2.18. The van der Waals surface area contributed by atoms with E-state index in [1.165, 1.54) is 4.88 Å². The average Bonchev–Trinajstić information content (AvgIpc) is 2.84. The first-order valence-electron chi connectivity index (χ1n) is 7.14. The molecule has 20 heavy (non-hydrogen) atoms. The van der Waals surface area contributed by atoms with Gasteiger partial charge in [0.2, 0.25) is 0 Å². The highest BCUT2D eigenvalue weighted by Crippen LogP contribution is 2.36. The van der Waals surface area contributed by atoms with Crippen LogP contribution >= 0.6 is 11.3 Å². The number of hydrogen-bond acceptors (Lipinski definition) is 4. The minimum atomic E-state index is 0.0297. The summed E-state index contributed by atoms with van der Waals surface area (Å²) in [6, 6.07) is 8.09. The molecule has 1 heterocycles. The lowest BCUT2D eigenvalue weighted by atomic mass is 10.1. The Morgan fingerprint density at radius 2 is 2.05 bits per heavy atom. The lowest BCUT2D eigenvalue weighted by Gasteiger charge is -2.07. The molecule has 108 valence electrons. The molecule has 0 spiro atoms. The van der Waals surface area contributed by atoms with Crippen molar-refractivity contribution in [3.8, 4) is 16.3 Å². The predicted molar refractivity (Wildman–Crippen MR) is 85.3 cm³/mol. The molecular weight excluding hydrogens is 268 g/mol. The summed E-state index contributed by atoms with van der Waals surface area (Å²) < 4.78 is 5.70. The average molecular weight is 290 g/mol. The van der Waals surface area contributed by atoms with E-state index >= 15 is 0 Å². The van der Waals surface area contributed by atoms with Gasteiger partial charge in [-0.15, -0.1) is 11.3 Å². The zero-order valence-corrected chi connectivity index (χ0v) is 13.2. The van der Waals surface area contributed by atoms with E-state index in [2.05, 4.69) is 13.0 Å². The van der Waals surface area contributed by atoms with Gasteiger partial charge < -0.3 is 10.5 Å². The third kappa shape index (κ3) is 3.19. The first-order valence-corrected chi connectivity index (χ1v) is 7.96. The first-order chi connectivity index (χ1) is 9.67. The molecule has 2 rings (SSSR count). The maximum Gasteiger partial charge on any atom is 0.129 e. The largest absolute Gasteiger partial charge is 0.493 e. The van der Waals surface area contributed by atoms with Crippen molar-refractivity contribution in [2.24, 2.45) is 5.73 Å². The number of aromatic nitrogens is 1. The van der Waals surface area contributed by atoms with E-state index in [0.29, 0.717) is 6.61 Å². The van der Waals surface area contributed by atoms with E-state index in [0.717, 1.165) is 34.9 Å². The summed E-state index contributed by atoms with van der Waals surface area (Å²) in [7, 11) is 0. The number of benzene rings is 1. The lowest BCUT2D eigenvalue weighted by molar-refractivity contribution is 0.341. The van der Waals surface area contributed by atoms with Gasteiger partial charge >= 0.3 is 0 Å². The van der Waals surface area contributed by atoms with Gasteiger partial charge in [-0.05, 0) is 32.4 Å². The van der Waals surface area contributed by atoms with Crippen LogP contribution < -0.4 is 10.5 Å². The van der Waals surface area contributed by atoms with Crippen molar-refractivity contribution in [3.05, 3.63) is 34.8 Å². The van der Waals surface area contributed by atoms with Crippen LogP contribution in [0.15, 0.2) is 24.3 Å². The van der Waals surface area contributed by atoms with Crippen LogP contribution in [-0.2, 0) is 6.42 Å². The van der Waals surface area contributed by atoms with Crippen molar-refractivity contribution in [1.29, 1.82) is 0 Å². The van der Waals surface area contributed by atoms with E-state index in [1.54, 1.807) is 11.3 Å². The predicted octanol–water partition coefficient (Wildman–Crippen LogP) is 4.18. The molecule has 1 aromatic heterocycles. The lowest BCUT2D eigenvalue weighted by Crippen LogP contribution is -2.05. The molecule has 1 atom stereocenters. The van der Waals surface area contributed by atoms with Gasteiger partial charge in [-0.1, -0.05) is 25.5 Å². The molecule has 1 unspecified atom stereocenters. The molecule has 0 aliphatic heterocycles. The summed E-state index contributed by atoms with van der Waals surface area (Å²) in [6.45, 7) is 6.84. The molecule has 3 nitrogen and oxygen atoms in total. The van der Waals surface area contributed by atoms with Crippen LogP contribution in [0.25, 0.3) is 10.6 Å². The van der Waals surface area contributed by atoms with Crippen molar-refractivity contribution in [2.75, 3.05) is 6.61 Å². The molecule has 0 amide bonds. The number of thiazole rings is 1. The Balaban J connectivity index is 2.45. The Hall–Kier alpha value is -1.39. The van der Waals surface area contributed by atoms with Crippen LogP contribution in [0.5, 0.6) is 5.75 Å². The zero-order valence-electron chi connectivity index (χ0n) is 12.3. The topological polar surface area (TPSA) is 48.1 Å². The van der Waals surface area contributed by atoms with Crippen LogP contribution in [0.2, 0.25) is 0 Å². The number of para-hydroxylation sites is 1. The summed E-state index contributed by atoms with van der Waals surface area (Å²) in [5, 5.41) is 1.00. The van der Waals surface area contributed by atoms with Gasteiger partial charge in [-0.25, -0.2) is 4.98 Å². The van der Waals surface area contributed by atoms with E-state index in [4.69, 9.17) is 15.5 Å². The fraction of sp³-hybridized carbons (Fsp3) is 0.438. The molecule has 0 radical (unpaired) electrons. The van der Waals surface area contributed by atoms with Gasteiger partial charge in [0.05, 0.1) is 17.9 Å². The Morgan fingerprint density at radius 3 is 2.70 bits per heavy atom. The van der Waals surface area contributed by atoms with Crippen molar-refractivity contribution in [3.63, 3.8) is 0 Å². The molecule has 4 heteroatoms. The second-order valence-electron chi connectivity index (χ2n) is 4.80. The summed E-state index contributed by atoms with van der Waals surface area (Å²) in [5.41, 5.74) is 8.26.